The normalized spacial score (nSPS) is 12.1. The van der Waals surface area contributed by atoms with Crippen LogP contribution in [0.3, 0.4) is 0 Å². The van der Waals surface area contributed by atoms with Gasteiger partial charge in [-0.25, -0.2) is 4.79 Å². The smallest absolute Gasteiger partial charge is 0.335 e. The van der Waals surface area contributed by atoms with E-state index in [0.717, 1.165) is 17.0 Å². The molecule has 0 aliphatic rings. The van der Waals surface area contributed by atoms with Gasteiger partial charge in [-0.1, -0.05) is 0 Å². The quantitative estimate of drug-likeness (QED) is 0.865. The van der Waals surface area contributed by atoms with E-state index in [-0.39, 0.29) is 6.04 Å². The van der Waals surface area contributed by atoms with Crippen molar-refractivity contribution in [3.63, 3.8) is 0 Å². The third-order valence-corrected chi connectivity index (χ3v) is 2.81. The van der Waals surface area contributed by atoms with Gasteiger partial charge in [0.2, 0.25) is 0 Å². The first kappa shape index (κ1) is 12.2. The summed E-state index contributed by atoms with van der Waals surface area (Å²) in [6, 6.07) is 8.96. The third kappa shape index (κ3) is 2.53. The van der Waals surface area contributed by atoms with Crippen LogP contribution in [0.25, 0.3) is 0 Å². The molecular weight excluding hydrogens is 230 g/mol. The van der Waals surface area contributed by atoms with E-state index in [4.69, 9.17) is 9.52 Å². The fraction of sp³-hybridized carbons (Fsp3) is 0.214. The number of hydrogen-bond acceptors (Lipinski definition) is 3. The number of benzene rings is 1. The molecule has 0 spiro atoms. The molecule has 0 aliphatic heterocycles. The van der Waals surface area contributed by atoms with E-state index >= 15 is 0 Å². The monoisotopic (exact) mass is 245 g/mol. The van der Waals surface area contributed by atoms with Crippen LogP contribution in [0.5, 0.6) is 0 Å². The van der Waals surface area contributed by atoms with Crippen molar-refractivity contribution in [2.24, 2.45) is 0 Å². The van der Waals surface area contributed by atoms with Gasteiger partial charge in [-0.05, 0) is 49.7 Å². The molecule has 4 nitrogen and oxygen atoms in total. The van der Waals surface area contributed by atoms with Gasteiger partial charge >= 0.3 is 5.97 Å². The number of aromatic carboxylic acids is 1. The summed E-state index contributed by atoms with van der Waals surface area (Å²) in [6.45, 7) is 3.77. The fourth-order valence-electron chi connectivity index (χ4n) is 1.85. The molecule has 0 aliphatic carbocycles. The number of anilines is 1. The number of rotatable bonds is 4. The Morgan fingerprint density at radius 2 is 2.17 bits per heavy atom. The maximum absolute atomic E-state index is 10.9. The molecule has 94 valence electrons. The summed E-state index contributed by atoms with van der Waals surface area (Å²) in [7, 11) is 0. The zero-order valence-electron chi connectivity index (χ0n) is 10.3. The number of nitrogens with one attached hydrogen (secondary N) is 1. The van der Waals surface area contributed by atoms with Crippen LogP contribution >= 0.6 is 0 Å². The van der Waals surface area contributed by atoms with E-state index in [9.17, 15) is 4.79 Å². The molecule has 2 rings (SSSR count). The predicted molar refractivity (Wildman–Crippen MR) is 68.9 cm³/mol. The zero-order valence-corrected chi connectivity index (χ0v) is 10.3. The van der Waals surface area contributed by atoms with Crippen molar-refractivity contribution >= 4 is 11.7 Å². The van der Waals surface area contributed by atoms with Gasteiger partial charge in [0.05, 0.1) is 17.9 Å². The maximum atomic E-state index is 10.9. The van der Waals surface area contributed by atoms with Crippen LogP contribution in [-0.2, 0) is 0 Å². The summed E-state index contributed by atoms with van der Waals surface area (Å²) < 4.78 is 5.30. The van der Waals surface area contributed by atoms with Gasteiger partial charge in [0, 0.05) is 5.69 Å². The van der Waals surface area contributed by atoms with Gasteiger partial charge in [-0.2, -0.15) is 0 Å². The minimum absolute atomic E-state index is 0.0371. The highest BCUT2D eigenvalue weighted by molar-refractivity contribution is 5.89. The van der Waals surface area contributed by atoms with Crippen LogP contribution in [-0.4, -0.2) is 11.1 Å². The number of furan rings is 1. The standard InChI is InChI=1S/C14H15NO3/c1-9-8-11(5-6-12(9)14(16)17)15-10(2)13-4-3-7-18-13/h3-8,10,15H,1-2H3,(H,16,17). The molecule has 1 aromatic heterocycles. The summed E-state index contributed by atoms with van der Waals surface area (Å²) in [5.74, 6) is -0.0619. The lowest BCUT2D eigenvalue weighted by Gasteiger charge is -2.14. The van der Waals surface area contributed by atoms with Crippen LogP contribution in [0, 0.1) is 6.92 Å². The molecule has 0 saturated carbocycles. The van der Waals surface area contributed by atoms with Crippen LogP contribution < -0.4 is 5.32 Å². The van der Waals surface area contributed by atoms with Crippen molar-refractivity contribution < 1.29 is 14.3 Å². The van der Waals surface area contributed by atoms with Crippen molar-refractivity contribution in [1.29, 1.82) is 0 Å². The second-order valence-electron chi connectivity index (χ2n) is 4.22. The molecule has 18 heavy (non-hydrogen) atoms. The Morgan fingerprint density at radius 3 is 2.72 bits per heavy atom. The Kier molecular flexibility index (Phi) is 3.37. The molecule has 0 amide bonds. The Labute approximate surface area is 105 Å². The summed E-state index contributed by atoms with van der Waals surface area (Å²) in [4.78, 5) is 10.9. The molecule has 1 heterocycles. The molecule has 1 unspecified atom stereocenters. The Hall–Kier alpha value is -2.23. The first-order valence-corrected chi connectivity index (χ1v) is 5.72. The van der Waals surface area contributed by atoms with Gasteiger partial charge < -0.3 is 14.8 Å². The van der Waals surface area contributed by atoms with Crippen LogP contribution in [0.1, 0.15) is 34.6 Å². The molecule has 2 N–H and O–H groups in total. The fourth-order valence-corrected chi connectivity index (χ4v) is 1.85. The van der Waals surface area contributed by atoms with Crippen LogP contribution in [0.4, 0.5) is 5.69 Å². The molecule has 0 radical (unpaired) electrons. The van der Waals surface area contributed by atoms with Gasteiger partial charge in [0.25, 0.3) is 0 Å². The minimum Gasteiger partial charge on any atom is -0.478 e. The average molecular weight is 245 g/mol. The molecule has 0 bridgehead atoms. The second kappa shape index (κ2) is 4.96. The molecule has 0 fully saturated rings. The third-order valence-electron chi connectivity index (χ3n) is 2.81. The number of aryl methyl sites for hydroxylation is 1. The molecule has 1 aromatic carbocycles. The van der Waals surface area contributed by atoms with Crippen molar-refractivity contribution in [1.82, 2.24) is 0 Å². The van der Waals surface area contributed by atoms with Gasteiger partial charge in [0.15, 0.2) is 0 Å². The van der Waals surface area contributed by atoms with Crippen LogP contribution in [0.15, 0.2) is 41.0 Å². The SMILES string of the molecule is Cc1cc(NC(C)c2ccco2)ccc1C(=O)O. The zero-order chi connectivity index (χ0) is 13.1. The maximum Gasteiger partial charge on any atom is 0.335 e. The van der Waals surface area contributed by atoms with Crippen molar-refractivity contribution in [3.05, 3.63) is 53.5 Å². The van der Waals surface area contributed by atoms with Crippen molar-refractivity contribution in [3.8, 4) is 0 Å². The lowest BCUT2D eigenvalue weighted by atomic mass is 10.1. The van der Waals surface area contributed by atoms with Gasteiger partial charge in [-0.3, -0.25) is 0 Å². The van der Waals surface area contributed by atoms with E-state index in [2.05, 4.69) is 5.32 Å². The molecule has 2 aromatic rings. The summed E-state index contributed by atoms with van der Waals surface area (Å²) in [6.07, 6.45) is 1.63. The largest absolute Gasteiger partial charge is 0.478 e. The average Bonchev–Trinajstić information content (AvgIpc) is 2.81. The van der Waals surface area contributed by atoms with E-state index < -0.39 is 5.97 Å². The Morgan fingerprint density at radius 1 is 1.39 bits per heavy atom. The van der Waals surface area contributed by atoms with Gasteiger partial charge in [-0.15, -0.1) is 0 Å². The lowest BCUT2D eigenvalue weighted by Crippen LogP contribution is -2.07. The number of hydrogen-bond donors (Lipinski definition) is 2. The molecular formula is C14H15NO3. The van der Waals surface area contributed by atoms with E-state index in [1.54, 1.807) is 25.3 Å². The van der Waals surface area contributed by atoms with Crippen LogP contribution in [0.2, 0.25) is 0 Å². The highest BCUT2D eigenvalue weighted by Crippen LogP contribution is 2.21. The highest BCUT2D eigenvalue weighted by Gasteiger charge is 2.10. The van der Waals surface area contributed by atoms with Gasteiger partial charge in [0.1, 0.15) is 5.76 Å². The van der Waals surface area contributed by atoms with E-state index in [0.29, 0.717) is 5.56 Å². The second-order valence-corrected chi connectivity index (χ2v) is 4.22. The number of carboxylic acid groups (broad SMARTS) is 1. The van der Waals surface area contributed by atoms with E-state index in [1.165, 1.54) is 0 Å². The van der Waals surface area contributed by atoms with Crippen molar-refractivity contribution in [2.75, 3.05) is 5.32 Å². The summed E-state index contributed by atoms with van der Waals surface area (Å²) >= 11 is 0. The highest BCUT2D eigenvalue weighted by atomic mass is 16.4. The molecule has 1 atom stereocenters. The molecule has 4 heteroatoms. The first-order chi connectivity index (χ1) is 8.58. The summed E-state index contributed by atoms with van der Waals surface area (Å²) in [5.41, 5.74) is 1.94. The lowest BCUT2D eigenvalue weighted by molar-refractivity contribution is 0.0696. The molecule has 0 saturated heterocycles. The Bertz CT molecular complexity index is 546. The first-order valence-electron chi connectivity index (χ1n) is 5.72. The number of carbonyl (C=O) groups is 1. The minimum atomic E-state index is -0.905. The predicted octanol–water partition coefficient (Wildman–Crippen LogP) is 3.46. The van der Waals surface area contributed by atoms with E-state index in [1.807, 2.05) is 25.1 Å². The Balaban J connectivity index is 2.15. The number of carboxylic acids is 1. The van der Waals surface area contributed by atoms with Crippen molar-refractivity contribution in [2.45, 2.75) is 19.9 Å². The summed E-state index contributed by atoms with van der Waals surface area (Å²) in [5, 5.41) is 12.2. The topological polar surface area (TPSA) is 62.5 Å².